The summed E-state index contributed by atoms with van der Waals surface area (Å²) in [4.78, 5) is 16.3. The van der Waals surface area contributed by atoms with Gasteiger partial charge in [0.2, 0.25) is 0 Å². The van der Waals surface area contributed by atoms with Gasteiger partial charge in [0.1, 0.15) is 5.84 Å². The molecular weight excluding hydrogens is 336 g/mol. The molecule has 0 saturated heterocycles. The van der Waals surface area contributed by atoms with Crippen molar-refractivity contribution in [2.45, 2.75) is 39.5 Å². The molecule has 0 bridgehead atoms. The molecule has 0 unspecified atom stereocenters. The standard InChI is InChI=1S/C19H22N2O3S/c1-12(2)17-11-19(22)14(4)10-18(17)20-15(5)21-25(23,24)16-8-6-13(3)7-9-16/h6-12H,1-5H3/b20-18?,21-15-. The first kappa shape index (κ1) is 19.0. The van der Waals surface area contributed by atoms with Crippen molar-refractivity contribution in [3.8, 4) is 0 Å². The molecule has 0 spiro atoms. The second-order valence-electron chi connectivity index (χ2n) is 6.37. The number of aliphatic imine (C=N–C) groups is 1. The minimum Gasteiger partial charge on any atom is -0.290 e. The van der Waals surface area contributed by atoms with E-state index >= 15 is 0 Å². The molecule has 2 rings (SSSR count). The van der Waals surface area contributed by atoms with E-state index in [1.807, 2.05) is 20.8 Å². The summed E-state index contributed by atoms with van der Waals surface area (Å²) in [6.45, 7) is 9.05. The smallest absolute Gasteiger partial charge is 0.283 e. The van der Waals surface area contributed by atoms with Crippen LogP contribution >= 0.6 is 0 Å². The Morgan fingerprint density at radius 2 is 1.64 bits per heavy atom. The maximum atomic E-state index is 12.4. The van der Waals surface area contributed by atoms with Crippen molar-refractivity contribution >= 4 is 27.4 Å². The van der Waals surface area contributed by atoms with Crippen LogP contribution in [0.3, 0.4) is 0 Å². The Morgan fingerprint density at radius 1 is 1.04 bits per heavy atom. The molecule has 0 amide bonds. The van der Waals surface area contributed by atoms with Gasteiger partial charge in [-0.1, -0.05) is 31.5 Å². The first-order valence-corrected chi connectivity index (χ1v) is 9.45. The summed E-state index contributed by atoms with van der Waals surface area (Å²) < 4.78 is 28.6. The third-order valence-corrected chi connectivity index (χ3v) is 5.17. The number of carbonyl (C=O) groups is 1. The number of hydrogen-bond donors (Lipinski definition) is 0. The molecule has 1 aromatic carbocycles. The highest BCUT2D eigenvalue weighted by Gasteiger charge is 2.19. The van der Waals surface area contributed by atoms with Crippen molar-refractivity contribution in [3.05, 3.63) is 53.1 Å². The lowest BCUT2D eigenvalue weighted by atomic mass is 9.90. The summed E-state index contributed by atoms with van der Waals surface area (Å²) in [5.74, 6) is 0.165. The van der Waals surface area contributed by atoms with Crippen LogP contribution in [0.5, 0.6) is 0 Å². The molecule has 1 aromatic rings. The van der Waals surface area contributed by atoms with Gasteiger partial charge in [0.15, 0.2) is 5.78 Å². The highest BCUT2D eigenvalue weighted by molar-refractivity contribution is 7.90. The second kappa shape index (κ2) is 7.27. The fraction of sp³-hybridized carbons (Fsp3) is 0.316. The number of sulfonamides is 1. The Kier molecular flexibility index (Phi) is 5.52. The zero-order valence-electron chi connectivity index (χ0n) is 15.1. The maximum Gasteiger partial charge on any atom is 0.283 e. The van der Waals surface area contributed by atoms with Gasteiger partial charge >= 0.3 is 0 Å². The minimum absolute atomic E-state index is 0.0514. The number of allylic oxidation sites excluding steroid dienone is 4. The molecule has 0 radical (unpaired) electrons. The number of amidine groups is 1. The van der Waals surface area contributed by atoms with Gasteiger partial charge in [0.25, 0.3) is 10.0 Å². The van der Waals surface area contributed by atoms with Crippen LogP contribution in [-0.4, -0.2) is 25.7 Å². The quantitative estimate of drug-likeness (QED) is 0.470. The molecule has 25 heavy (non-hydrogen) atoms. The normalized spacial score (nSPS) is 17.8. The molecule has 0 N–H and O–H groups in total. The fourth-order valence-corrected chi connectivity index (χ4v) is 3.35. The lowest BCUT2D eigenvalue weighted by Gasteiger charge is -2.16. The van der Waals surface area contributed by atoms with Gasteiger partial charge in [0.05, 0.1) is 10.6 Å². The van der Waals surface area contributed by atoms with E-state index in [9.17, 15) is 13.2 Å². The van der Waals surface area contributed by atoms with Crippen LogP contribution in [0.15, 0.2) is 61.8 Å². The van der Waals surface area contributed by atoms with Crippen LogP contribution < -0.4 is 0 Å². The molecule has 132 valence electrons. The summed E-state index contributed by atoms with van der Waals surface area (Å²) in [5, 5.41) is 0. The van der Waals surface area contributed by atoms with Gasteiger partial charge in [0, 0.05) is 0 Å². The third kappa shape index (κ3) is 4.60. The lowest BCUT2D eigenvalue weighted by Crippen LogP contribution is -2.17. The molecule has 1 aliphatic rings. The monoisotopic (exact) mass is 358 g/mol. The van der Waals surface area contributed by atoms with E-state index in [1.54, 1.807) is 31.2 Å². The van der Waals surface area contributed by atoms with Crippen LogP contribution in [0.2, 0.25) is 0 Å². The van der Waals surface area contributed by atoms with Crippen LogP contribution in [0, 0.1) is 12.8 Å². The van der Waals surface area contributed by atoms with Gasteiger partial charge in [-0.05, 0) is 62.1 Å². The predicted octanol–water partition coefficient (Wildman–Crippen LogP) is 3.65. The van der Waals surface area contributed by atoms with E-state index in [1.165, 1.54) is 19.1 Å². The van der Waals surface area contributed by atoms with Gasteiger partial charge in [-0.25, -0.2) is 4.99 Å². The number of ketones is 1. The first-order valence-electron chi connectivity index (χ1n) is 8.01. The second-order valence-corrected chi connectivity index (χ2v) is 7.97. The number of carbonyl (C=O) groups excluding carboxylic acids is 1. The van der Waals surface area contributed by atoms with E-state index in [2.05, 4.69) is 9.39 Å². The fourth-order valence-electron chi connectivity index (χ4n) is 2.38. The maximum absolute atomic E-state index is 12.4. The lowest BCUT2D eigenvalue weighted by molar-refractivity contribution is -0.111. The molecule has 0 aliphatic heterocycles. The predicted molar refractivity (Wildman–Crippen MR) is 101 cm³/mol. The Labute approximate surface area is 149 Å². The van der Waals surface area contributed by atoms with Crippen LogP contribution in [0.4, 0.5) is 0 Å². The number of hydrogen-bond acceptors (Lipinski definition) is 3. The van der Waals surface area contributed by atoms with Crippen molar-refractivity contribution in [3.63, 3.8) is 0 Å². The Morgan fingerprint density at radius 3 is 2.20 bits per heavy atom. The summed E-state index contributed by atoms with van der Waals surface area (Å²) in [6.07, 6.45) is 3.23. The Hall–Kier alpha value is -2.34. The average Bonchev–Trinajstić information content (AvgIpc) is 2.50. The van der Waals surface area contributed by atoms with Gasteiger partial charge in [-0.2, -0.15) is 8.42 Å². The van der Waals surface area contributed by atoms with Crippen LogP contribution in [-0.2, 0) is 14.8 Å². The molecule has 6 heteroatoms. The van der Waals surface area contributed by atoms with E-state index < -0.39 is 10.0 Å². The molecule has 0 fully saturated rings. The van der Waals surface area contributed by atoms with Crippen molar-refractivity contribution in [2.75, 3.05) is 0 Å². The zero-order valence-corrected chi connectivity index (χ0v) is 15.9. The molecule has 0 heterocycles. The molecular formula is C19H22N2O3S. The summed E-state index contributed by atoms with van der Waals surface area (Å²) in [5.41, 5.74) is 2.89. The summed E-state index contributed by atoms with van der Waals surface area (Å²) in [7, 11) is -3.82. The number of aryl methyl sites for hydroxylation is 1. The molecule has 5 nitrogen and oxygen atoms in total. The van der Waals surface area contributed by atoms with Crippen molar-refractivity contribution in [2.24, 2.45) is 15.3 Å². The number of nitrogens with zero attached hydrogens (tertiary/aromatic N) is 2. The van der Waals surface area contributed by atoms with Gasteiger partial charge in [-0.15, -0.1) is 4.40 Å². The largest absolute Gasteiger partial charge is 0.290 e. The van der Waals surface area contributed by atoms with Crippen molar-refractivity contribution < 1.29 is 13.2 Å². The number of benzene rings is 1. The molecule has 1 aliphatic carbocycles. The van der Waals surface area contributed by atoms with Crippen molar-refractivity contribution in [1.29, 1.82) is 0 Å². The summed E-state index contributed by atoms with van der Waals surface area (Å²) >= 11 is 0. The molecule has 0 saturated carbocycles. The van der Waals surface area contributed by atoms with E-state index in [0.717, 1.165) is 11.1 Å². The zero-order chi connectivity index (χ0) is 18.8. The Balaban J connectivity index is 2.42. The highest BCUT2D eigenvalue weighted by Crippen LogP contribution is 2.20. The highest BCUT2D eigenvalue weighted by atomic mass is 32.2. The van der Waals surface area contributed by atoms with Crippen LogP contribution in [0.25, 0.3) is 0 Å². The third-order valence-electron chi connectivity index (χ3n) is 3.80. The van der Waals surface area contributed by atoms with Gasteiger partial charge in [-0.3, -0.25) is 4.79 Å². The summed E-state index contributed by atoms with van der Waals surface area (Å²) in [6, 6.07) is 6.50. The molecule has 0 aromatic heterocycles. The first-order chi connectivity index (χ1) is 11.6. The average molecular weight is 358 g/mol. The number of rotatable bonds is 3. The van der Waals surface area contributed by atoms with E-state index in [0.29, 0.717) is 11.3 Å². The van der Waals surface area contributed by atoms with Crippen molar-refractivity contribution in [1.82, 2.24) is 0 Å². The minimum atomic E-state index is -3.82. The topological polar surface area (TPSA) is 75.9 Å². The van der Waals surface area contributed by atoms with Gasteiger partial charge < -0.3 is 0 Å². The van der Waals surface area contributed by atoms with Crippen LogP contribution in [0.1, 0.15) is 33.3 Å². The molecule has 0 atom stereocenters. The SMILES string of the molecule is CC1=CC(=N/C(C)=N\S(=O)(=O)c2ccc(C)cc2)C(C(C)C)=CC1=O. The Bertz CT molecular complexity index is 916. The van der Waals surface area contributed by atoms with E-state index in [-0.39, 0.29) is 22.4 Å². The van der Waals surface area contributed by atoms with E-state index in [4.69, 9.17) is 0 Å².